The minimum absolute atomic E-state index is 0.0470. The Bertz CT molecular complexity index is 580. The zero-order chi connectivity index (χ0) is 19.4. The van der Waals surface area contributed by atoms with E-state index >= 15 is 0 Å². The molecular formula is C18H30N4O4. The van der Waals surface area contributed by atoms with Crippen molar-refractivity contribution in [1.82, 2.24) is 20.4 Å². The monoisotopic (exact) mass is 366 g/mol. The van der Waals surface area contributed by atoms with Gasteiger partial charge in [-0.1, -0.05) is 6.92 Å². The van der Waals surface area contributed by atoms with Crippen LogP contribution in [0.15, 0.2) is 0 Å². The first-order chi connectivity index (χ1) is 12.2. The molecule has 0 aromatic heterocycles. The largest absolute Gasteiger partial charge is 0.352 e. The summed E-state index contributed by atoms with van der Waals surface area (Å²) >= 11 is 0. The van der Waals surface area contributed by atoms with Crippen LogP contribution in [0.2, 0.25) is 0 Å². The highest BCUT2D eigenvalue weighted by atomic mass is 16.2. The Hall–Kier alpha value is -2.12. The van der Waals surface area contributed by atoms with E-state index in [1.807, 2.05) is 13.8 Å². The maximum absolute atomic E-state index is 13.1. The van der Waals surface area contributed by atoms with E-state index in [2.05, 4.69) is 10.6 Å². The average molecular weight is 366 g/mol. The molecule has 4 amide bonds. The van der Waals surface area contributed by atoms with Crippen LogP contribution in [0, 0.1) is 0 Å². The van der Waals surface area contributed by atoms with E-state index in [9.17, 15) is 19.2 Å². The van der Waals surface area contributed by atoms with Crippen molar-refractivity contribution >= 4 is 23.6 Å². The highest BCUT2D eigenvalue weighted by Gasteiger charge is 2.45. The van der Waals surface area contributed by atoms with E-state index in [1.54, 1.807) is 9.80 Å². The van der Waals surface area contributed by atoms with Crippen LogP contribution in [0.4, 0.5) is 0 Å². The van der Waals surface area contributed by atoms with Crippen molar-refractivity contribution < 1.29 is 19.2 Å². The summed E-state index contributed by atoms with van der Waals surface area (Å²) in [6, 6.07) is -1.38. The second-order valence-corrected chi connectivity index (χ2v) is 7.32. The molecule has 0 radical (unpaired) electrons. The predicted molar refractivity (Wildman–Crippen MR) is 96.0 cm³/mol. The molecule has 0 bridgehead atoms. The fourth-order valence-electron chi connectivity index (χ4n) is 3.71. The molecule has 2 fully saturated rings. The van der Waals surface area contributed by atoms with Gasteiger partial charge in [0.15, 0.2) is 0 Å². The molecule has 26 heavy (non-hydrogen) atoms. The summed E-state index contributed by atoms with van der Waals surface area (Å²) < 4.78 is 0. The molecule has 0 unspecified atom stereocenters. The Morgan fingerprint density at radius 1 is 1.19 bits per heavy atom. The molecule has 8 heteroatoms. The number of hydrogen-bond acceptors (Lipinski definition) is 4. The molecule has 2 heterocycles. The fourth-order valence-corrected chi connectivity index (χ4v) is 3.71. The van der Waals surface area contributed by atoms with Gasteiger partial charge < -0.3 is 20.4 Å². The molecule has 0 aliphatic carbocycles. The van der Waals surface area contributed by atoms with Gasteiger partial charge in [0.25, 0.3) is 0 Å². The standard InChI is InChI=1S/C18H30N4O4/c1-5-11(2)19-17(25)16-7-6-14-8-9-21(13(4)24)10-15(20-12(3)23)18(26)22(14)16/h11,14-16H,5-10H2,1-4H3,(H,19,25)(H,20,23)/t11-,14+,15-,16-/m0/s1. The van der Waals surface area contributed by atoms with Crippen LogP contribution in [0.3, 0.4) is 0 Å². The molecule has 0 saturated carbocycles. The maximum atomic E-state index is 13.1. The van der Waals surface area contributed by atoms with Crippen LogP contribution in [0.25, 0.3) is 0 Å². The van der Waals surface area contributed by atoms with Gasteiger partial charge in [0, 0.05) is 39.0 Å². The second-order valence-electron chi connectivity index (χ2n) is 7.32. The predicted octanol–water partition coefficient (Wildman–Crippen LogP) is 0.0176. The number of amides is 4. The number of rotatable bonds is 4. The smallest absolute Gasteiger partial charge is 0.247 e. The fraction of sp³-hybridized carbons (Fsp3) is 0.778. The highest BCUT2D eigenvalue weighted by molar-refractivity contribution is 5.93. The van der Waals surface area contributed by atoms with Crippen molar-refractivity contribution in [2.75, 3.05) is 13.1 Å². The molecule has 4 atom stereocenters. The van der Waals surface area contributed by atoms with Crippen molar-refractivity contribution in [3.05, 3.63) is 0 Å². The Labute approximate surface area is 154 Å². The van der Waals surface area contributed by atoms with Crippen LogP contribution < -0.4 is 10.6 Å². The lowest BCUT2D eigenvalue weighted by atomic mass is 10.1. The third kappa shape index (κ3) is 4.53. The third-order valence-electron chi connectivity index (χ3n) is 5.32. The van der Waals surface area contributed by atoms with Gasteiger partial charge in [0.05, 0.1) is 0 Å². The average Bonchev–Trinajstić information content (AvgIpc) is 2.98. The van der Waals surface area contributed by atoms with Gasteiger partial charge in [0.1, 0.15) is 12.1 Å². The minimum atomic E-state index is -0.823. The molecule has 146 valence electrons. The molecule has 2 rings (SSSR count). The van der Waals surface area contributed by atoms with Crippen molar-refractivity contribution in [1.29, 1.82) is 0 Å². The summed E-state index contributed by atoms with van der Waals surface area (Å²) in [5.74, 6) is -0.867. The van der Waals surface area contributed by atoms with E-state index < -0.39 is 12.1 Å². The first-order valence-corrected chi connectivity index (χ1v) is 9.39. The first kappa shape index (κ1) is 20.2. The normalized spacial score (nSPS) is 27.2. The number of hydrogen-bond donors (Lipinski definition) is 2. The van der Waals surface area contributed by atoms with Crippen LogP contribution in [0.1, 0.15) is 53.4 Å². The highest BCUT2D eigenvalue weighted by Crippen LogP contribution is 2.29. The van der Waals surface area contributed by atoms with E-state index in [4.69, 9.17) is 0 Å². The quantitative estimate of drug-likeness (QED) is 0.733. The zero-order valence-corrected chi connectivity index (χ0v) is 16.1. The van der Waals surface area contributed by atoms with Gasteiger partial charge in [-0.3, -0.25) is 19.2 Å². The van der Waals surface area contributed by atoms with Crippen molar-refractivity contribution in [3.63, 3.8) is 0 Å². The second kappa shape index (κ2) is 8.51. The summed E-state index contributed by atoms with van der Waals surface area (Å²) in [5, 5.41) is 5.61. The SMILES string of the molecule is CC[C@H](C)NC(=O)[C@@H]1CC[C@@H]2CCN(C(C)=O)C[C@H](NC(C)=O)C(=O)N21. The van der Waals surface area contributed by atoms with E-state index in [0.29, 0.717) is 19.4 Å². The van der Waals surface area contributed by atoms with Gasteiger partial charge in [0.2, 0.25) is 23.6 Å². The van der Waals surface area contributed by atoms with Gasteiger partial charge in [-0.15, -0.1) is 0 Å². The lowest BCUT2D eigenvalue weighted by Crippen LogP contribution is -2.61. The first-order valence-electron chi connectivity index (χ1n) is 9.39. The molecule has 0 aromatic rings. The van der Waals surface area contributed by atoms with Gasteiger partial charge in [-0.2, -0.15) is 0 Å². The van der Waals surface area contributed by atoms with Crippen molar-refractivity contribution in [2.45, 2.75) is 77.5 Å². The van der Waals surface area contributed by atoms with Gasteiger partial charge >= 0.3 is 0 Å². The molecular weight excluding hydrogens is 336 g/mol. The Balaban J connectivity index is 2.24. The summed E-state index contributed by atoms with van der Waals surface area (Å²) in [5.41, 5.74) is 0. The van der Waals surface area contributed by atoms with E-state index in [1.165, 1.54) is 13.8 Å². The molecule has 2 N–H and O–H groups in total. The molecule has 8 nitrogen and oxygen atoms in total. The van der Waals surface area contributed by atoms with Crippen LogP contribution in [0.5, 0.6) is 0 Å². The van der Waals surface area contributed by atoms with Crippen molar-refractivity contribution in [2.24, 2.45) is 0 Å². The Morgan fingerprint density at radius 3 is 2.46 bits per heavy atom. The summed E-state index contributed by atoms with van der Waals surface area (Å²) in [4.78, 5) is 52.5. The number of fused-ring (bicyclic) bond motifs is 1. The van der Waals surface area contributed by atoms with Crippen LogP contribution >= 0.6 is 0 Å². The summed E-state index contributed by atoms with van der Waals surface area (Å²) in [6.45, 7) is 7.39. The number of carbonyl (C=O) groups is 4. The molecule has 0 aromatic carbocycles. The number of nitrogens with one attached hydrogen (secondary N) is 2. The van der Waals surface area contributed by atoms with Crippen molar-refractivity contribution in [3.8, 4) is 0 Å². The lowest BCUT2D eigenvalue weighted by molar-refractivity contribution is -0.146. The van der Waals surface area contributed by atoms with Crippen LogP contribution in [-0.4, -0.2) is 70.7 Å². The molecule has 2 saturated heterocycles. The van der Waals surface area contributed by atoms with Gasteiger partial charge in [-0.05, 0) is 32.6 Å². The maximum Gasteiger partial charge on any atom is 0.247 e. The minimum Gasteiger partial charge on any atom is -0.352 e. The summed E-state index contributed by atoms with van der Waals surface area (Å²) in [6.07, 6.45) is 2.79. The lowest BCUT2D eigenvalue weighted by Gasteiger charge is -2.38. The Morgan fingerprint density at radius 2 is 1.88 bits per heavy atom. The molecule has 0 spiro atoms. The number of carbonyl (C=O) groups excluding carboxylic acids is 4. The third-order valence-corrected chi connectivity index (χ3v) is 5.32. The van der Waals surface area contributed by atoms with Gasteiger partial charge in [-0.25, -0.2) is 0 Å². The Kier molecular flexibility index (Phi) is 6.61. The zero-order valence-electron chi connectivity index (χ0n) is 16.1. The topological polar surface area (TPSA) is 98.8 Å². The van der Waals surface area contributed by atoms with E-state index in [0.717, 1.165) is 12.8 Å². The number of nitrogens with zero attached hydrogens (tertiary/aromatic N) is 2. The van der Waals surface area contributed by atoms with Crippen LogP contribution in [-0.2, 0) is 19.2 Å². The van der Waals surface area contributed by atoms with E-state index in [-0.39, 0.29) is 42.3 Å². The molecule has 2 aliphatic rings. The molecule has 2 aliphatic heterocycles. The summed E-state index contributed by atoms with van der Waals surface area (Å²) in [7, 11) is 0.